The normalized spacial score (nSPS) is 10.6. The second-order valence-electron chi connectivity index (χ2n) is 4.79. The molecule has 21 heavy (non-hydrogen) atoms. The maximum absolute atomic E-state index is 11.8. The number of nitrogens with one attached hydrogen (secondary N) is 2. The molecule has 3 amide bonds. The summed E-state index contributed by atoms with van der Waals surface area (Å²) in [5.74, 6) is -1.55. The van der Waals surface area contributed by atoms with E-state index in [4.69, 9.17) is 15.6 Å². The maximum Gasteiger partial charge on any atom is 0.337 e. The van der Waals surface area contributed by atoms with Gasteiger partial charge in [-0.05, 0) is 26.0 Å². The number of carbonyl (C=O) groups excluding carboxylic acids is 2. The van der Waals surface area contributed by atoms with Crippen molar-refractivity contribution in [3.05, 3.63) is 23.8 Å². The molecule has 0 aliphatic heterocycles. The fourth-order valence-electron chi connectivity index (χ4n) is 1.44. The number of carboxylic acids is 1. The summed E-state index contributed by atoms with van der Waals surface area (Å²) in [6.07, 6.45) is 0. The molecule has 5 N–H and O–H groups in total. The average molecular weight is 295 g/mol. The monoisotopic (exact) mass is 295 g/mol. The molecule has 8 heteroatoms. The van der Waals surface area contributed by atoms with Gasteiger partial charge in [0.2, 0.25) is 5.91 Å². The van der Waals surface area contributed by atoms with Gasteiger partial charge in [0.15, 0.2) is 0 Å². The molecule has 0 aliphatic rings. The Bertz CT molecular complexity index is 583. The minimum atomic E-state index is -1.27. The Labute approximate surface area is 121 Å². The molecule has 114 valence electrons. The molecule has 0 aliphatic carbocycles. The van der Waals surface area contributed by atoms with Crippen molar-refractivity contribution in [2.24, 2.45) is 5.73 Å². The summed E-state index contributed by atoms with van der Waals surface area (Å²) in [4.78, 5) is 34.1. The molecule has 0 bridgehead atoms. The Balaban J connectivity index is 2.98. The van der Waals surface area contributed by atoms with Crippen LogP contribution in [0.3, 0.4) is 0 Å². The first-order chi connectivity index (χ1) is 9.67. The molecule has 8 nitrogen and oxygen atoms in total. The Morgan fingerprint density at radius 2 is 1.90 bits per heavy atom. The van der Waals surface area contributed by atoms with Gasteiger partial charge in [-0.15, -0.1) is 0 Å². The second-order valence-corrected chi connectivity index (χ2v) is 4.79. The highest BCUT2D eigenvalue weighted by molar-refractivity contribution is 6.01. The molecule has 0 saturated carbocycles. The number of carbonyl (C=O) groups is 3. The quantitative estimate of drug-likeness (QED) is 0.637. The van der Waals surface area contributed by atoms with Crippen molar-refractivity contribution in [1.29, 1.82) is 0 Å². The second kappa shape index (κ2) is 6.12. The van der Waals surface area contributed by atoms with Crippen LogP contribution in [0.4, 0.5) is 10.5 Å². The van der Waals surface area contributed by atoms with Gasteiger partial charge in [-0.2, -0.15) is 0 Å². The van der Waals surface area contributed by atoms with Gasteiger partial charge in [-0.1, -0.05) is 0 Å². The van der Waals surface area contributed by atoms with Crippen LogP contribution in [0, 0.1) is 0 Å². The van der Waals surface area contributed by atoms with E-state index < -0.39 is 23.4 Å². The van der Waals surface area contributed by atoms with Gasteiger partial charge in [0.1, 0.15) is 11.3 Å². The van der Waals surface area contributed by atoms with Crippen molar-refractivity contribution in [2.45, 2.75) is 19.4 Å². The summed E-state index contributed by atoms with van der Waals surface area (Å²) in [5, 5.41) is 13.8. The number of anilines is 1. The highest BCUT2D eigenvalue weighted by Crippen LogP contribution is 2.22. The lowest BCUT2D eigenvalue weighted by atomic mass is 10.1. The number of nitrogens with two attached hydrogens (primary N) is 1. The lowest BCUT2D eigenvalue weighted by molar-refractivity contribution is -0.122. The summed E-state index contributed by atoms with van der Waals surface area (Å²) < 4.78 is 4.97. The van der Waals surface area contributed by atoms with Crippen molar-refractivity contribution in [3.63, 3.8) is 0 Å². The molecule has 1 aromatic carbocycles. The third kappa shape index (κ3) is 4.10. The van der Waals surface area contributed by atoms with Crippen LogP contribution in [0.2, 0.25) is 0 Å². The predicted molar refractivity (Wildman–Crippen MR) is 75.4 cm³/mol. The van der Waals surface area contributed by atoms with E-state index in [1.807, 2.05) is 0 Å². The fourth-order valence-corrected chi connectivity index (χ4v) is 1.44. The van der Waals surface area contributed by atoms with E-state index in [0.29, 0.717) is 5.75 Å². The summed E-state index contributed by atoms with van der Waals surface area (Å²) in [7, 11) is 1.41. The average Bonchev–Trinajstić information content (AvgIpc) is 2.37. The van der Waals surface area contributed by atoms with E-state index >= 15 is 0 Å². The van der Waals surface area contributed by atoms with Gasteiger partial charge in [0.25, 0.3) is 0 Å². The lowest BCUT2D eigenvalue weighted by Gasteiger charge is -2.22. The molecule has 0 saturated heterocycles. The van der Waals surface area contributed by atoms with Crippen LogP contribution in [0.1, 0.15) is 24.2 Å². The van der Waals surface area contributed by atoms with E-state index in [-0.39, 0.29) is 11.3 Å². The number of aromatic carboxylic acids is 1. The van der Waals surface area contributed by atoms with Crippen molar-refractivity contribution >= 4 is 23.6 Å². The number of hydrogen-bond donors (Lipinski definition) is 4. The van der Waals surface area contributed by atoms with Crippen LogP contribution >= 0.6 is 0 Å². The van der Waals surface area contributed by atoms with Crippen LogP contribution in [0.5, 0.6) is 5.75 Å². The van der Waals surface area contributed by atoms with Crippen molar-refractivity contribution in [3.8, 4) is 5.75 Å². The third-order valence-corrected chi connectivity index (χ3v) is 2.75. The van der Waals surface area contributed by atoms with Gasteiger partial charge in [0, 0.05) is 6.07 Å². The van der Waals surface area contributed by atoms with Crippen LogP contribution < -0.4 is 21.1 Å². The summed E-state index contributed by atoms with van der Waals surface area (Å²) in [6.45, 7) is 2.86. The third-order valence-electron chi connectivity index (χ3n) is 2.75. The molecular formula is C13H17N3O5. The van der Waals surface area contributed by atoms with Crippen molar-refractivity contribution in [1.82, 2.24) is 5.32 Å². The van der Waals surface area contributed by atoms with Crippen LogP contribution in [-0.4, -0.2) is 35.7 Å². The highest BCUT2D eigenvalue weighted by atomic mass is 16.5. The number of urea groups is 1. The predicted octanol–water partition coefficient (Wildman–Crippen LogP) is 0.779. The van der Waals surface area contributed by atoms with E-state index in [1.165, 1.54) is 39.2 Å². The van der Waals surface area contributed by atoms with Gasteiger partial charge >= 0.3 is 12.0 Å². The fraction of sp³-hybridized carbons (Fsp3) is 0.308. The molecule has 0 spiro atoms. The van der Waals surface area contributed by atoms with Crippen LogP contribution in [0.15, 0.2) is 18.2 Å². The first-order valence-corrected chi connectivity index (χ1v) is 5.98. The van der Waals surface area contributed by atoms with E-state index in [9.17, 15) is 14.4 Å². The van der Waals surface area contributed by atoms with Crippen LogP contribution in [0.25, 0.3) is 0 Å². The van der Waals surface area contributed by atoms with E-state index in [2.05, 4.69) is 10.6 Å². The number of methoxy groups -OCH3 is 1. The molecule has 1 rings (SSSR count). The lowest BCUT2D eigenvalue weighted by Crippen LogP contribution is -2.54. The molecule has 0 atom stereocenters. The molecule has 0 fully saturated rings. The van der Waals surface area contributed by atoms with Gasteiger partial charge < -0.3 is 26.2 Å². The molecule has 1 aromatic rings. The molecular weight excluding hydrogens is 278 g/mol. The highest BCUT2D eigenvalue weighted by Gasteiger charge is 2.27. The number of primary amides is 1. The number of amides is 3. The largest absolute Gasteiger partial charge is 0.497 e. The number of ether oxygens (including phenoxy) is 1. The molecule has 0 unspecified atom stereocenters. The Morgan fingerprint density at radius 3 is 2.38 bits per heavy atom. The van der Waals surface area contributed by atoms with Crippen molar-refractivity contribution < 1.29 is 24.2 Å². The van der Waals surface area contributed by atoms with E-state index in [0.717, 1.165) is 0 Å². The first-order valence-electron chi connectivity index (χ1n) is 5.98. The van der Waals surface area contributed by atoms with Gasteiger partial charge in [-0.3, -0.25) is 4.79 Å². The van der Waals surface area contributed by atoms with Crippen LogP contribution in [-0.2, 0) is 4.79 Å². The maximum atomic E-state index is 11.8. The zero-order valence-electron chi connectivity index (χ0n) is 11.9. The molecule has 0 aromatic heterocycles. The molecule has 0 heterocycles. The zero-order valence-corrected chi connectivity index (χ0v) is 11.9. The summed E-state index contributed by atoms with van der Waals surface area (Å²) in [6, 6.07) is 3.37. The first kappa shape index (κ1) is 16.3. The number of benzene rings is 1. The standard InChI is InChI=1S/C13H17N3O5/c1-13(2,11(14)19)16-12(20)15-9-6-7(21-3)4-5-8(9)10(17)18/h4-6H,1-3H3,(H2,14,19)(H,17,18)(H2,15,16,20). The van der Waals surface area contributed by atoms with Gasteiger partial charge in [0.05, 0.1) is 18.4 Å². The summed E-state index contributed by atoms with van der Waals surface area (Å²) in [5.41, 5.74) is 3.80. The zero-order chi connectivity index (χ0) is 16.2. The molecule has 0 radical (unpaired) electrons. The Kier molecular flexibility index (Phi) is 4.75. The number of carboxylic acid groups (broad SMARTS) is 1. The Morgan fingerprint density at radius 1 is 1.29 bits per heavy atom. The van der Waals surface area contributed by atoms with Crippen molar-refractivity contribution in [2.75, 3.05) is 12.4 Å². The van der Waals surface area contributed by atoms with Gasteiger partial charge in [-0.25, -0.2) is 9.59 Å². The topological polar surface area (TPSA) is 131 Å². The minimum absolute atomic E-state index is 0.0413. The Hall–Kier alpha value is -2.77. The number of hydrogen-bond acceptors (Lipinski definition) is 4. The SMILES string of the molecule is COc1ccc(C(=O)O)c(NC(=O)NC(C)(C)C(N)=O)c1. The smallest absolute Gasteiger partial charge is 0.337 e. The minimum Gasteiger partial charge on any atom is -0.497 e. The summed E-state index contributed by atoms with van der Waals surface area (Å²) >= 11 is 0. The number of rotatable bonds is 5. The van der Waals surface area contributed by atoms with E-state index in [1.54, 1.807) is 0 Å².